The number of hydrogen-bond donors (Lipinski definition) is 2. The molecule has 19 heavy (non-hydrogen) atoms. The molecule has 0 radical (unpaired) electrons. The van der Waals surface area contributed by atoms with Gasteiger partial charge in [0, 0.05) is 5.39 Å². The number of benzene rings is 1. The molecule has 3 rings (SSSR count). The first-order valence-electron chi connectivity index (χ1n) is 6.13. The Kier molecular flexibility index (Phi) is 3.72. The van der Waals surface area contributed by atoms with Gasteiger partial charge in [0.2, 0.25) is 0 Å². The van der Waals surface area contributed by atoms with E-state index in [0.717, 1.165) is 5.39 Å². The molecule has 6 heteroatoms. The molecular formula is C13H15ClN2O3. The maximum Gasteiger partial charge on any atom is 0.152 e. The van der Waals surface area contributed by atoms with E-state index < -0.39 is 0 Å². The number of hydrazine groups is 1. The van der Waals surface area contributed by atoms with Crippen LogP contribution in [0.4, 0.5) is 0 Å². The first kappa shape index (κ1) is 12.9. The Labute approximate surface area is 115 Å². The standard InChI is InChI=1S/C13H15ClN2O3/c14-9-3-1-2-8-6-10(19-13(8)9)12(16-15)11-7-17-4-5-18-11/h1-3,6,11-12,16H,4-5,7,15H2. The number of hydrogen-bond acceptors (Lipinski definition) is 5. The topological polar surface area (TPSA) is 69.7 Å². The van der Waals surface area contributed by atoms with Gasteiger partial charge < -0.3 is 13.9 Å². The van der Waals surface area contributed by atoms with E-state index in [9.17, 15) is 0 Å². The van der Waals surface area contributed by atoms with Crippen LogP contribution < -0.4 is 11.3 Å². The molecule has 5 nitrogen and oxygen atoms in total. The lowest BCUT2D eigenvalue weighted by atomic mass is 10.1. The molecule has 0 bridgehead atoms. The smallest absolute Gasteiger partial charge is 0.152 e. The number of halogens is 1. The molecular weight excluding hydrogens is 268 g/mol. The zero-order chi connectivity index (χ0) is 13.2. The third kappa shape index (κ3) is 2.48. The fourth-order valence-corrected chi connectivity index (χ4v) is 2.49. The Morgan fingerprint density at radius 3 is 2.95 bits per heavy atom. The molecule has 0 saturated carbocycles. The molecule has 1 fully saturated rings. The minimum absolute atomic E-state index is 0.168. The molecule has 0 amide bonds. The second kappa shape index (κ2) is 5.48. The van der Waals surface area contributed by atoms with E-state index in [1.165, 1.54) is 0 Å². The summed E-state index contributed by atoms with van der Waals surface area (Å²) in [6.45, 7) is 1.66. The third-order valence-corrected chi connectivity index (χ3v) is 3.51. The first-order valence-corrected chi connectivity index (χ1v) is 6.51. The molecule has 0 spiro atoms. The SMILES string of the molecule is NNC(c1cc2cccc(Cl)c2o1)C1COCCO1. The fraction of sp³-hybridized carbons (Fsp3) is 0.385. The van der Waals surface area contributed by atoms with E-state index in [1.54, 1.807) is 6.07 Å². The van der Waals surface area contributed by atoms with Gasteiger partial charge in [0.05, 0.1) is 24.8 Å². The Hall–Kier alpha value is -1.11. The lowest BCUT2D eigenvalue weighted by Gasteiger charge is -2.28. The maximum atomic E-state index is 6.10. The molecule has 2 unspecified atom stereocenters. The summed E-state index contributed by atoms with van der Waals surface area (Å²) < 4.78 is 16.8. The highest BCUT2D eigenvalue weighted by molar-refractivity contribution is 6.34. The van der Waals surface area contributed by atoms with Crippen LogP contribution in [-0.4, -0.2) is 25.9 Å². The number of furan rings is 1. The van der Waals surface area contributed by atoms with Gasteiger partial charge in [-0.2, -0.15) is 0 Å². The molecule has 2 aromatic rings. The third-order valence-electron chi connectivity index (χ3n) is 3.21. The molecule has 1 aromatic heterocycles. The summed E-state index contributed by atoms with van der Waals surface area (Å²) in [5.74, 6) is 6.31. The number of rotatable bonds is 3. The number of para-hydroxylation sites is 1. The Morgan fingerprint density at radius 1 is 1.37 bits per heavy atom. The summed E-state index contributed by atoms with van der Waals surface area (Å²) >= 11 is 6.10. The zero-order valence-corrected chi connectivity index (χ0v) is 11.0. The van der Waals surface area contributed by atoms with E-state index >= 15 is 0 Å². The van der Waals surface area contributed by atoms with Crippen molar-refractivity contribution in [3.8, 4) is 0 Å². The highest BCUT2D eigenvalue weighted by Crippen LogP contribution is 2.31. The predicted octanol–water partition coefficient (Wildman–Crippen LogP) is 2.01. The van der Waals surface area contributed by atoms with Crippen molar-refractivity contribution in [2.75, 3.05) is 19.8 Å². The quantitative estimate of drug-likeness (QED) is 0.666. The molecule has 2 atom stereocenters. The average molecular weight is 283 g/mol. The Balaban J connectivity index is 1.94. The monoisotopic (exact) mass is 282 g/mol. The molecule has 1 aliphatic rings. The average Bonchev–Trinajstić information content (AvgIpc) is 2.86. The van der Waals surface area contributed by atoms with Gasteiger partial charge in [-0.15, -0.1) is 0 Å². The second-order valence-electron chi connectivity index (χ2n) is 4.44. The van der Waals surface area contributed by atoms with Gasteiger partial charge >= 0.3 is 0 Å². The van der Waals surface area contributed by atoms with Crippen LogP contribution >= 0.6 is 11.6 Å². The molecule has 2 heterocycles. The number of fused-ring (bicyclic) bond motifs is 1. The molecule has 1 aliphatic heterocycles. The molecule has 1 aromatic carbocycles. The van der Waals surface area contributed by atoms with Gasteiger partial charge in [-0.05, 0) is 12.1 Å². The molecule has 3 N–H and O–H groups in total. The fourth-order valence-electron chi connectivity index (χ4n) is 2.27. The maximum absolute atomic E-state index is 6.10. The lowest BCUT2D eigenvalue weighted by molar-refractivity contribution is -0.104. The zero-order valence-electron chi connectivity index (χ0n) is 10.3. The van der Waals surface area contributed by atoms with Crippen LogP contribution in [0.5, 0.6) is 0 Å². The normalized spacial score (nSPS) is 21.7. The van der Waals surface area contributed by atoms with Crippen LogP contribution in [0.2, 0.25) is 5.02 Å². The van der Waals surface area contributed by atoms with Gasteiger partial charge in [0.1, 0.15) is 17.9 Å². The highest BCUT2D eigenvalue weighted by atomic mass is 35.5. The Bertz CT molecular complexity index is 566. The van der Waals surface area contributed by atoms with Crippen molar-refractivity contribution >= 4 is 22.6 Å². The summed E-state index contributed by atoms with van der Waals surface area (Å²) in [6, 6.07) is 7.28. The largest absolute Gasteiger partial charge is 0.458 e. The minimum atomic E-state index is -0.260. The lowest BCUT2D eigenvalue weighted by Crippen LogP contribution is -2.43. The van der Waals surface area contributed by atoms with Crippen LogP contribution in [0.15, 0.2) is 28.7 Å². The summed E-state index contributed by atoms with van der Waals surface area (Å²) in [4.78, 5) is 0. The van der Waals surface area contributed by atoms with E-state index in [2.05, 4.69) is 5.43 Å². The van der Waals surface area contributed by atoms with Crippen molar-refractivity contribution in [3.05, 3.63) is 35.0 Å². The summed E-state index contributed by atoms with van der Waals surface area (Å²) in [6.07, 6.45) is -0.168. The van der Waals surface area contributed by atoms with Crippen LogP contribution in [0.25, 0.3) is 11.0 Å². The number of nitrogens with one attached hydrogen (secondary N) is 1. The van der Waals surface area contributed by atoms with Crippen LogP contribution in [0.3, 0.4) is 0 Å². The molecule has 102 valence electrons. The van der Waals surface area contributed by atoms with Crippen molar-refractivity contribution in [2.24, 2.45) is 5.84 Å². The Morgan fingerprint density at radius 2 is 2.26 bits per heavy atom. The second-order valence-corrected chi connectivity index (χ2v) is 4.84. The highest BCUT2D eigenvalue weighted by Gasteiger charge is 2.28. The van der Waals surface area contributed by atoms with E-state index in [0.29, 0.717) is 36.2 Å². The van der Waals surface area contributed by atoms with Crippen LogP contribution in [0, 0.1) is 0 Å². The number of nitrogens with two attached hydrogens (primary N) is 1. The summed E-state index contributed by atoms with van der Waals surface area (Å²) in [5.41, 5.74) is 3.39. The van der Waals surface area contributed by atoms with Gasteiger partial charge in [-0.3, -0.25) is 5.84 Å². The van der Waals surface area contributed by atoms with Crippen molar-refractivity contribution in [1.82, 2.24) is 5.43 Å². The van der Waals surface area contributed by atoms with Gasteiger partial charge in [-0.25, -0.2) is 5.43 Å². The number of ether oxygens (including phenoxy) is 2. The van der Waals surface area contributed by atoms with Crippen molar-refractivity contribution in [3.63, 3.8) is 0 Å². The van der Waals surface area contributed by atoms with Crippen LogP contribution in [0.1, 0.15) is 11.8 Å². The van der Waals surface area contributed by atoms with E-state index in [-0.39, 0.29) is 12.1 Å². The van der Waals surface area contributed by atoms with E-state index in [4.69, 9.17) is 31.3 Å². The predicted molar refractivity (Wildman–Crippen MR) is 71.8 cm³/mol. The first-order chi connectivity index (χ1) is 9.29. The van der Waals surface area contributed by atoms with Crippen molar-refractivity contribution in [2.45, 2.75) is 12.1 Å². The van der Waals surface area contributed by atoms with Crippen molar-refractivity contribution in [1.29, 1.82) is 0 Å². The van der Waals surface area contributed by atoms with E-state index in [1.807, 2.05) is 18.2 Å². The van der Waals surface area contributed by atoms with Crippen molar-refractivity contribution < 1.29 is 13.9 Å². The summed E-state index contributed by atoms with van der Waals surface area (Å²) in [7, 11) is 0. The minimum Gasteiger partial charge on any atom is -0.458 e. The van der Waals surface area contributed by atoms with Gasteiger partial charge in [0.15, 0.2) is 5.58 Å². The van der Waals surface area contributed by atoms with Crippen LogP contribution in [-0.2, 0) is 9.47 Å². The van der Waals surface area contributed by atoms with Gasteiger partial charge in [0.25, 0.3) is 0 Å². The molecule has 1 saturated heterocycles. The van der Waals surface area contributed by atoms with Gasteiger partial charge in [-0.1, -0.05) is 23.7 Å². The molecule has 0 aliphatic carbocycles. The summed E-state index contributed by atoms with van der Waals surface area (Å²) in [5, 5.41) is 1.53.